The maximum atomic E-state index is 13.5. The van der Waals surface area contributed by atoms with Gasteiger partial charge in [0, 0.05) is 24.7 Å². The van der Waals surface area contributed by atoms with Crippen molar-refractivity contribution in [3.8, 4) is 0 Å². The first kappa shape index (κ1) is 22.2. The lowest BCUT2D eigenvalue weighted by Crippen LogP contribution is -2.48. The van der Waals surface area contributed by atoms with Gasteiger partial charge in [-0.25, -0.2) is 9.78 Å². The molecule has 4 rings (SSSR count). The van der Waals surface area contributed by atoms with Crippen LogP contribution in [0.5, 0.6) is 0 Å². The molecule has 3 aromatic carbocycles. The van der Waals surface area contributed by atoms with Crippen molar-refractivity contribution < 1.29 is 19.5 Å². The number of hydrogen-bond donors (Lipinski definition) is 2. The van der Waals surface area contributed by atoms with Crippen molar-refractivity contribution >= 4 is 45.0 Å². The van der Waals surface area contributed by atoms with Crippen LogP contribution >= 0.6 is 11.3 Å². The van der Waals surface area contributed by atoms with Gasteiger partial charge in [0.15, 0.2) is 0 Å². The highest BCUT2D eigenvalue weighted by atomic mass is 32.1. The highest BCUT2D eigenvalue weighted by molar-refractivity contribution is 7.16. The summed E-state index contributed by atoms with van der Waals surface area (Å²) in [6.07, 6.45) is 0.285. The number of anilines is 1. The number of rotatable bonds is 7. The number of nitrogens with zero attached hydrogens (tertiary/aromatic N) is 2. The third kappa shape index (κ3) is 5.07. The number of carboxylic acids is 1. The van der Waals surface area contributed by atoms with Gasteiger partial charge in [0.25, 0.3) is 5.91 Å². The number of carbonyl (C=O) groups excluding carboxylic acids is 2. The first-order valence-electron chi connectivity index (χ1n) is 10.2. The van der Waals surface area contributed by atoms with Crippen molar-refractivity contribution in [3.05, 3.63) is 95.0 Å². The van der Waals surface area contributed by atoms with Gasteiger partial charge in [-0.05, 0) is 42.0 Å². The van der Waals surface area contributed by atoms with Gasteiger partial charge in [0.2, 0.25) is 5.91 Å². The van der Waals surface area contributed by atoms with E-state index in [1.165, 1.54) is 40.5 Å². The molecule has 0 fully saturated rings. The van der Waals surface area contributed by atoms with Gasteiger partial charge in [-0.1, -0.05) is 36.4 Å². The molecule has 4 aromatic rings. The molecule has 2 amide bonds. The van der Waals surface area contributed by atoms with Crippen LogP contribution in [-0.2, 0) is 11.2 Å². The topological polar surface area (TPSA) is 99.6 Å². The summed E-state index contributed by atoms with van der Waals surface area (Å²) in [7, 11) is 1.66. The number of hydrogen-bond acceptors (Lipinski definition) is 5. The number of amides is 2. The Morgan fingerprint density at radius 2 is 1.76 bits per heavy atom. The summed E-state index contributed by atoms with van der Waals surface area (Å²) in [5.41, 5.74) is 4.28. The molecule has 1 atom stereocenters. The molecule has 166 valence electrons. The Morgan fingerprint density at radius 1 is 1.00 bits per heavy atom. The Kier molecular flexibility index (Phi) is 6.46. The molecule has 0 aliphatic carbocycles. The number of nitrogens with one attached hydrogen (secondary N) is 1. The number of carbonyl (C=O) groups is 3. The smallest absolute Gasteiger partial charge is 0.335 e. The average molecular weight is 460 g/mol. The molecule has 0 aliphatic rings. The minimum absolute atomic E-state index is 0.00210. The van der Waals surface area contributed by atoms with Gasteiger partial charge < -0.3 is 15.3 Å². The Hall–Kier alpha value is -4.04. The molecule has 1 heterocycles. The van der Waals surface area contributed by atoms with Crippen molar-refractivity contribution in [1.82, 2.24) is 10.3 Å². The van der Waals surface area contributed by atoms with E-state index in [0.717, 1.165) is 15.8 Å². The SMILES string of the molecule is CN(C(=O)C(Cc1ccccc1)NC(=O)c1cccc(C(=O)O)c1)c1ccc2scnc2c1. The fourth-order valence-electron chi connectivity index (χ4n) is 3.50. The number of fused-ring (bicyclic) bond motifs is 1. The summed E-state index contributed by atoms with van der Waals surface area (Å²) in [4.78, 5) is 43.5. The summed E-state index contributed by atoms with van der Waals surface area (Å²) in [5.74, 6) is -1.94. The lowest BCUT2D eigenvalue weighted by atomic mass is 10.0. The van der Waals surface area contributed by atoms with Gasteiger partial charge in [-0.15, -0.1) is 11.3 Å². The van der Waals surface area contributed by atoms with E-state index >= 15 is 0 Å². The Labute approximate surface area is 194 Å². The normalized spacial score (nSPS) is 11.7. The molecule has 0 bridgehead atoms. The third-order valence-electron chi connectivity index (χ3n) is 5.29. The fraction of sp³-hybridized carbons (Fsp3) is 0.120. The van der Waals surface area contributed by atoms with Crippen LogP contribution in [0.2, 0.25) is 0 Å². The zero-order chi connectivity index (χ0) is 23.4. The number of aromatic carboxylic acids is 1. The van der Waals surface area contributed by atoms with Gasteiger partial charge in [-0.3, -0.25) is 9.59 Å². The van der Waals surface area contributed by atoms with E-state index in [-0.39, 0.29) is 23.5 Å². The molecular weight excluding hydrogens is 438 g/mol. The molecule has 7 nitrogen and oxygen atoms in total. The minimum atomic E-state index is -1.13. The molecule has 0 spiro atoms. The molecule has 2 N–H and O–H groups in total. The lowest BCUT2D eigenvalue weighted by Gasteiger charge is -2.25. The zero-order valence-electron chi connectivity index (χ0n) is 17.8. The van der Waals surface area contributed by atoms with E-state index < -0.39 is 17.9 Å². The van der Waals surface area contributed by atoms with Gasteiger partial charge in [0.1, 0.15) is 6.04 Å². The van der Waals surface area contributed by atoms with Crippen LogP contribution < -0.4 is 10.2 Å². The van der Waals surface area contributed by atoms with E-state index in [0.29, 0.717) is 5.69 Å². The van der Waals surface area contributed by atoms with Crippen molar-refractivity contribution in [3.63, 3.8) is 0 Å². The van der Waals surface area contributed by atoms with E-state index in [2.05, 4.69) is 10.3 Å². The third-order valence-corrected chi connectivity index (χ3v) is 6.10. The predicted molar refractivity (Wildman–Crippen MR) is 128 cm³/mol. The molecule has 1 unspecified atom stereocenters. The van der Waals surface area contributed by atoms with Crippen LogP contribution in [-0.4, -0.2) is 41.0 Å². The molecule has 1 aromatic heterocycles. The maximum absolute atomic E-state index is 13.5. The van der Waals surface area contributed by atoms with Crippen molar-refractivity contribution in [2.45, 2.75) is 12.5 Å². The Balaban J connectivity index is 1.60. The first-order valence-corrected chi connectivity index (χ1v) is 11.1. The quantitative estimate of drug-likeness (QED) is 0.435. The van der Waals surface area contributed by atoms with Crippen molar-refractivity contribution in [2.75, 3.05) is 11.9 Å². The summed E-state index contributed by atoms with van der Waals surface area (Å²) in [5, 5.41) is 12.0. The molecule has 0 saturated heterocycles. The summed E-state index contributed by atoms with van der Waals surface area (Å²) >= 11 is 1.52. The van der Waals surface area contributed by atoms with Crippen LogP contribution in [0.25, 0.3) is 10.2 Å². The lowest BCUT2D eigenvalue weighted by molar-refractivity contribution is -0.120. The number of aromatic nitrogens is 1. The minimum Gasteiger partial charge on any atom is -0.478 e. The van der Waals surface area contributed by atoms with Gasteiger partial charge in [-0.2, -0.15) is 0 Å². The second-order valence-corrected chi connectivity index (χ2v) is 8.39. The van der Waals surface area contributed by atoms with Gasteiger partial charge >= 0.3 is 5.97 Å². The van der Waals surface area contributed by atoms with Crippen molar-refractivity contribution in [2.24, 2.45) is 0 Å². The van der Waals surface area contributed by atoms with Crippen LogP contribution in [0, 0.1) is 0 Å². The molecule has 0 radical (unpaired) electrons. The molecule has 33 heavy (non-hydrogen) atoms. The number of carboxylic acid groups (broad SMARTS) is 1. The maximum Gasteiger partial charge on any atom is 0.335 e. The fourth-order valence-corrected chi connectivity index (χ4v) is 4.16. The van der Waals surface area contributed by atoms with E-state index in [9.17, 15) is 19.5 Å². The molecule has 0 saturated carbocycles. The second kappa shape index (κ2) is 9.62. The van der Waals surface area contributed by atoms with E-state index in [4.69, 9.17) is 0 Å². The summed E-state index contributed by atoms with van der Waals surface area (Å²) in [6.45, 7) is 0. The predicted octanol–water partition coefficient (Wildman–Crippen LogP) is 4.00. The number of thiazole rings is 1. The van der Waals surface area contributed by atoms with Gasteiger partial charge in [0.05, 0.1) is 21.3 Å². The monoisotopic (exact) mass is 459 g/mol. The van der Waals surface area contributed by atoms with E-state index in [1.54, 1.807) is 12.6 Å². The Bertz CT molecular complexity index is 1320. The second-order valence-electron chi connectivity index (χ2n) is 7.50. The summed E-state index contributed by atoms with van der Waals surface area (Å²) < 4.78 is 1.02. The standard InChI is InChI=1S/C25H21N3O4S/c1-28(19-10-11-22-20(14-19)26-15-33-22)24(30)21(12-16-6-3-2-4-7-16)27-23(29)17-8-5-9-18(13-17)25(31)32/h2-11,13-15,21H,12H2,1H3,(H,27,29)(H,31,32). The molecular formula is C25H21N3O4S. The number of likely N-dealkylation sites (N-methyl/N-ethyl adjacent to an activating group) is 1. The highest BCUT2D eigenvalue weighted by Crippen LogP contribution is 2.24. The summed E-state index contributed by atoms with van der Waals surface area (Å²) in [6, 6.07) is 19.9. The van der Waals surface area contributed by atoms with Crippen molar-refractivity contribution in [1.29, 1.82) is 0 Å². The number of benzene rings is 3. The first-order chi connectivity index (χ1) is 15.9. The molecule has 8 heteroatoms. The average Bonchev–Trinajstić information content (AvgIpc) is 3.31. The van der Waals surface area contributed by atoms with Crippen LogP contribution in [0.15, 0.2) is 78.3 Å². The van der Waals surface area contributed by atoms with Crippen LogP contribution in [0.3, 0.4) is 0 Å². The van der Waals surface area contributed by atoms with Crippen LogP contribution in [0.1, 0.15) is 26.3 Å². The Morgan fingerprint density at radius 3 is 2.52 bits per heavy atom. The van der Waals surface area contributed by atoms with E-state index in [1.807, 2.05) is 48.5 Å². The molecule has 0 aliphatic heterocycles. The highest BCUT2D eigenvalue weighted by Gasteiger charge is 2.26. The zero-order valence-corrected chi connectivity index (χ0v) is 18.6. The largest absolute Gasteiger partial charge is 0.478 e. The van der Waals surface area contributed by atoms with Crippen LogP contribution in [0.4, 0.5) is 5.69 Å².